The largest absolute Gasteiger partial charge is 0.385 e. The summed E-state index contributed by atoms with van der Waals surface area (Å²) in [7, 11) is 10.4. The molecule has 0 saturated heterocycles. The molecule has 0 aliphatic rings. The van der Waals surface area contributed by atoms with Crippen LogP contribution in [-0.4, -0.2) is 95.5 Å². The standard InChI is InChI=1S/C22H46O7/c1-23-13-7-21(8-14-24-2,9-15-25-3)19-29-20-22(10-16-26-4,11-17-27-5)12-18-28-6/h7-20H2,1-6H3. The average Bonchev–Trinajstić information content (AvgIpc) is 2.75. The first-order valence-electron chi connectivity index (χ1n) is 10.6. The van der Waals surface area contributed by atoms with Crippen molar-refractivity contribution in [2.75, 3.05) is 95.5 Å². The Balaban J connectivity index is 5.21. The lowest BCUT2D eigenvalue weighted by Crippen LogP contribution is -2.36. The van der Waals surface area contributed by atoms with Gasteiger partial charge in [0.15, 0.2) is 0 Å². The van der Waals surface area contributed by atoms with Crippen LogP contribution >= 0.6 is 0 Å². The van der Waals surface area contributed by atoms with Crippen LogP contribution in [0.1, 0.15) is 38.5 Å². The maximum atomic E-state index is 6.41. The fourth-order valence-corrected chi connectivity index (χ4v) is 3.58. The van der Waals surface area contributed by atoms with E-state index < -0.39 is 0 Å². The zero-order valence-electron chi connectivity index (χ0n) is 19.8. The van der Waals surface area contributed by atoms with E-state index in [4.69, 9.17) is 33.2 Å². The monoisotopic (exact) mass is 422 g/mol. The highest BCUT2D eigenvalue weighted by atomic mass is 16.5. The number of ether oxygens (including phenoxy) is 7. The molecule has 0 aliphatic carbocycles. The molecule has 0 amide bonds. The van der Waals surface area contributed by atoms with Crippen LogP contribution in [0, 0.1) is 10.8 Å². The molecule has 7 nitrogen and oxygen atoms in total. The summed E-state index contributed by atoms with van der Waals surface area (Å²) in [5, 5.41) is 0. The predicted octanol–water partition coefficient (Wildman–Crippen LogP) is 3.19. The second-order valence-electron chi connectivity index (χ2n) is 7.95. The number of hydrogen-bond donors (Lipinski definition) is 0. The zero-order chi connectivity index (χ0) is 21.8. The Kier molecular flexibility index (Phi) is 18.3. The van der Waals surface area contributed by atoms with Gasteiger partial charge in [-0.2, -0.15) is 0 Å². The van der Waals surface area contributed by atoms with E-state index in [0.717, 1.165) is 38.5 Å². The molecule has 0 aromatic carbocycles. The molecule has 176 valence electrons. The van der Waals surface area contributed by atoms with Crippen LogP contribution in [0.15, 0.2) is 0 Å². The Morgan fingerprint density at radius 2 is 0.586 bits per heavy atom. The lowest BCUT2D eigenvalue weighted by molar-refractivity contribution is -0.0609. The fraction of sp³-hybridized carbons (Fsp3) is 1.00. The Bertz CT molecular complexity index is 277. The third kappa shape index (κ3) is 12.9. The van der Waals surface area contributed by atoms with Gasteiger partial charge in [-0.05, 0) is 38.5 Å². The van der Waals surface area contributed by atoms with Gasteiger partial charge in [-0.15, -0.1) is 0 Å². The third-order valence-electron chi connectivity index (χ3n) is 5.84. The predicted molar refractivity (Wildman–Crippen MR) is 115 cm³/mol. The molecule has 0 bridgehead atoms. The number of methoxy groups -OCH3 is 6. The summed E-state index contributed by atoms with van der Waals surface area (Å²) in [6.07, 6.45) is 5.48. The molecule has 0 aromatic heterocycles. The van der Waals surface area contributed by atoms with Crippen molar-refractivity contribution in [2.45, 2.75) is 38.5 Å². The van der Waals surface area contributed by atoms with Crippen LogP contribution in [0.4, 0.5) is 0 Å². The molecular weight excluding hydrogens is 376 g/mol. The highest BCUT2D eigenvalue weighted by Gasteiger charge is 2.34. The highest BCUT2D eigenvalue weighted by molar-refractivity contribution is 4.83. The molecule has 0 heterocycles. The van der Waals surface area contributed by atoms with Crippen LogP contribution in [-0.2, 0) is 33.2 Å². The van der Waals surface area contributed by atoms with Crippen molar-refractivity contribution in [3.63, 3.8) is 0 Å². The molecule has 29 heavy (non-hydrogen) atoms. The lowest BCUT2D eigenvalue weighted by Gasteiger charge is -2.37. The first-order valence-corrected chi connectivity index (χ1v) is 10.6. The van der Waals surface area contributed by atoms with E-state index in [1.165, 1.54) is 0 Å². The molecule has 7 heteroatoms. The van der Waals surface area contributed by atoms with Crippen molar-refractivity contribution < 1.29 is 33.2 Å². The minimum absolute atomic E-state index is 0.0302. The normalized spacial score (nSPS) is 12.6. The SMILES string of the molecule is COCCC(CCOC)(CCOC)COCC(CCOC)(CCOC)CCOC. The van der Waals surface area contributed by atoms with E-state index in [0.29, 0.717) is 52.9 Å². The Hall–Kier alpha value is -0.280. The second-order valence-corrected chi connectivity index (χ2v) is 7.95. The molecule has 0 saturated carbocycles. The number of hydrogen-bond acceptors (Lipinski definition) is 7. The van der Waals surface area contributed by atoms with Gasteiger partial charge in [-0.3, -0.25) is 0 Å². The van der Waals surface area contributed by atoms with Gasteiger partial charge in [-0.1, -0.05) is 0 Å². The Morgan fingerprint density at radius 3 is 0.759 bits per heavy atom. The fourth-order valence-electron chi connectivity index (χ4n) is 3.58. The summed E-state index contributed by atoms with van der Waals surface area (Å²) < 4.78 is 38.7. The van der Waals surface area contributed by atoms with E-state index >= 15 is 0 Å². The minimum atomic E-state index is -0.0302. The molecule has 0 radical (unpaired) electrons. The average molecular weight is 423 g/mol. The molecule has 0 rings (SSSR count). The van der Waals surface area contributed by atoms with E-state index in [2.05, 4.69) is 0 Å². The van der Waals surface area contributed by atoms with Gasteiger partial charge in [0.05, 0.1) is 13.2 Å². The topological polar surface area (TPSA) is 64.6 Å². The lowest BCUT2D eigenvalue weighted by atomic mass is 9.78. The molecule has 0 N–H and O–H groups in total. The van der Waals surface area contributed by atoms with Crippen LogP contribution < -0.4 is 0 Å². The molecular formula is C22H46O7. The summed E-state index contributed by atoms with van der Waals surface area (Å²) in [6, 6.07) is 0. The zero-order valence-corrected chi connectivity index (χ0v) is 19.8. The van der Waals surface area contributed by atoms with Gasteiger partial charge in [-0.25, -0.2) is 0 Å². The summed E-state index contributed by atoms with van der Waals surface area (Å²) in [4.78, 5) is 0. The highest BCUT2D eigenvalue weighted by Crippen LogP contribution is 2.36. The van der Waals surface area contributed by atoms with Gasteiger partial charge in [0.1, 0.15) is 0 Å². The molecule has 0 unspecified atom stereocenters. The van der Waals surface area contributed by atoms with Crippen molar-refractivity contribution >= 4 is 0 Å². The maximum absolute atomic E-state index is 6.41. The smallest absolute Gasteiger partial charge is 0.0525 e. The molecule has 0 aromatic rings. The van der Waals surface area contributed by atoms with Crippen molar-refractivity contribution in [3.05, 3.63) is 0 Å². The quantitative estimate of drug-likeness (QED) is 0.265. The Labute approximate surface area is 178 Å². The number of rotatable bonds is 22. The maximum Gasteiger partial charge on any atom is 0.0525 e. The van der Waals surface area contributed by atoms with Gasteiger partial charge >= 0.3 is 0 Å². The second kappa shape index (κ2) is 18.5. The molecule has 0 aliphatic heterocycles. The van der Waals surface area contributed by atoms with Crippen LogP contribution in [0.3, 0.4) is 0 Å². The Morgan fingerprint density at radius 1 is 0.379 bits per heavy atom. The van der Waals surface area contributed by atoms with E-state index in [1.54, 1.807) is 42.7 Å². The molecule has 0 fully saturated rings. The van der Waals surface area contributed by atoms with Crippen molar-refractivity contribution in [3.8, 4) is 0 Å². The van der Waals surface area contributed by atoms with E-state index in [9.17, 15) is 0 Å². The van der Waals surface area contributed by atoms with Gasteiger partial charge in [0, 0.05) is 93.1 Å². The van der Waals surface area contributed by atoms with Crippen LogP contribution in [0.2, 0.25) is 0 Å². The molecule has 0 atom stereocenters. The summed E-state index contributed by atoms with van der Waals surface area (Å²) in [5.41, 5.74) is -0.0604. The first kappa shape index (κ1) is 28.7. The van der Waals surface area contributed by atoms with Crippen LogP contribution in [0.5, 0.6) is 0 Å². The molecule has 0 spiro atoms. The van der Waals surface area contributed by atoms with Crippen LogP contribution in [0.25, 0.3) is 0 Å². The summed E-state index contributed by atoms with van der Waals surface area (Å²) >= 11 is 0. The third-order valence-corrected chi connectivity index (χ3v) is 5.84. The van der Waals surface area contributed by atoms with E-state index in [1.807, 2.05) is 0 Å². The minimum Gasteiger partial charge on any atom is -0.385 e. The summed E-state index contributed by atoms with van der Waals surface area (Å²) in [6.45, 7) is 5.46. The summed E-state index contributed by atoms with van der Waals surface area (Å²) in [5.74, 6) is 0. The van der Waals surface area contributed by atoms with Crippen molar-refractivity contribution in [1.29, 1.82) is 0 Å². The van der Waals surface area contributed by atoms with E-state index in [-0.39, 0.29) is 10.8 Å². The van der Waals surface area contributed by atoms with Gasteiger partial charge in [0.25, 0.3) is 0 Å². The van der Waals surface area contributed by atoms with Crippen molar-refractivity contribution in [1.82, 2.24) is 0 Å². The van der Waals surface area contributed by atoms with Gasteiger partial charge in [0.2, 0.25) is 0 Å². The van der Waals surface area contributed by atoms with Crippen molar-refractivity contribution in [2.24, 2.45) is 10.8 Å². The van der Waals surface area contributed by atoms with Gasteiger partial charge < -0.3 is 33.2 Å². The first-order chi connectivity index (χ1) is 14.1.